The molecular formula is C13H19N3O. The fourth-order valence-corrected chi connectivity index (χ4v) is 2.21. The molecular weight excluding hydrogens is 214 g/mol. The van der Waals surface area contributed by atoms with E-state index in [2.05, 4.69) is 16.0 Å². The molecule has 4 heteroatoms. The van der Waals surface area contributed by atoms with Crippen LogP contribution in [0.3, 0.4) is 0 Å². The average molecular weight is 233 g/mol. The van der Waals surface area contributed by atoms with Gasteiger partial charge in [0.05, 0.1) is 12.6 Å². The monoisotopic (exact) mass is 233 g/mol. The maximum atomic E-state index is 5.84. The molecule has 1 aromatic heterocycles. The number of methoxy groups -OCH3 is 1. The largest absolute Gasteiger partial charge is 0.495 e. The maximum Gasteiger partial charge on any atom is 0.142 e. The molecule has 92 valence electrons. The standard InChI is InChI=1S/C13H19N3O/c1-16(2)11(7-14)10-8-15-13-9(10)5-4-6-12(13)17-3/h4-6,8,11,15H,7,14H2,1-3H3. The van der Waals surface area contributed by atoms with Crippen LogP contribution < -0.4 is 10.5 Å². The Labute approximate surface area is 101 Å². The maximum absolute atomic E-state index is 5.84. The molecule has 1 aromatic carbocycles. The van der Waals surface area contributed by atoms with Crippen molar-refractivity contribution in [1.29, 1.82) is 0 Å². The van der Waals surface area contributed by atoms with Crippen molar-refractivity contribution in [1.82, 2.24) is 9.88 Å². The van der Waals surface area contributed by atoms with E-state index in [0.717, 1.165) is 11.3 Å². The Bertz CT molecular complexity index is 504. The minimum Gasteiger partial charge on any atom is -0.495 e. The van der Waals surface area contributed by atoms with Crippen LogP contribution in [-0.2, 0) is 0 Å². The lowest BCUT2D eigenvalue weighted by atomic mass is 10.0. The van der Waals surface area contributed by atoms with Gasteiger partial charge in [-0.25, -0.2) is 0 Å². The number of nitrogens with zero attached hydrogens (tertiary/aromatic N) is 1. The summed E-state index contributed by atoms with van der Waals surface area (Å²) >= 11 is 0. The molecule has 4 nitrogen and oxygen atoms in total. The van der Waals surface area contributed by atoms with E-state index >= 15 is 0 Å². The third kappa shape index (κ3) is 2.01. The third-order valence-electron chi connectivity index (χ3n) is 3.13. The predicted octanol–water partition coefficient (Wildman–Crippen LogP) is 1.74. The molecule has 0 spiro atoms. The van der Waals surface area contributed by atoms with Gasteiger partial charge in [-0.3, -0.25) is 0 Å². The molecule has 1 unspecified atom stereocenters. The van der Waals surface area contributed by atoms with Crippen molar-refractivity contribution in [2.24, 2.45) is 5.73 Å². The first-order chi connectivity index (χ1) is 8.19. The second kappa shape index (κ2) is 4.77. The van der Waals surface area contributed by atoms with Crippen LogP contribution in [0.5, 0.6) is 5.75 Å². The lowest BCUT2D eigenvalue weighted by molar-refractivity contribution is 0.308. The first-order valence-corrected chi connectivity index (χ1v) is 5.69. The summed E-state index contributed by atoms with van der Waals surface area (Å²) in [5.74, 6) is 0.864. The van der Waals surface area contributed by atoms with Crippen molar-refractivity contribution in [2.45, 2.75) is 6.04 Å². The molecule has 0 saturated heterocycles. The smallest absolute Gasteiger partial charge is 0.142 e. The zero-order valence-electron chi connectivity index (χ0n) is 10.5. The van der Waals surface area contributed by atoms with Crippen LogP contribution in [0, 0.1) is 0 Å². The number of aromatic nitrogens is 1. The normalized spacial score (nSPS) is 13.2. The molecule has 0 aliphatic rings. The fourth-order valence-electron chi connectivity index (χ4n) is 2.21. The van der Waals surface area contributed by atoms with Gasteiger partial charge in [0, 0.05) is 24.2 Å². The van der Waals surface area contributed by atoms with E-state index in [1.165, 1.54) is 10.9 Å². The Kier molecular flexibility index (Phi) is 3.36. The number of hydrogen-bond acceptors (Lipinski definition) is 3. The van der Waals surface area contributed by atoms with Crippen LogP contribution in [-0.4, -0.2) is 37.6 Å². The molecule has 0 saturated carbocycles. The Hall–Kier alpha value is -1.52. The van der Waals surface area contributed by atoms with Gasteiger partial charge in [0.25, 0.3) is 0 Å². The molecule has 0 aliphatic carbocycles. The van der Waals surface area contributed by atoms with Crippen molar-refractivity contribution >= 4 is 10.9 Å². The number of ether oxygens (including phenoxy) is 1. The number of likely N-dealkylation sites (N-methyl/N-ethyl adjacent to an activating group) is 1. The van der Waals surface area contributed by atoms with E-state index in [4.69, 9.17) is 10.5 Å². The number of aromatic amines is 1. The van der Waals surface area contributed by atoms with Gasteiger partial charge < -0.3 is 20.4 Å². The van der Waals surface area contributed by atoms with Crippen molar-refractivity contribution in [3.63, 3.8) is 0 Å². The van der Waals surface area contributed by atoms with Gasteiger partial charge in [0.2, 0.25) is 0 Å². The fraction of sp³-hybridized carbons (Fsp3) is 0.385. The number of rotatable bonds is 4. The van der Waals surface area contributed by atoms with Gasteiger partial charge >= 0.3 is 0 Å². The highest BCUT2D eigenvalue weighted by molar-refractivity contribution is 5.88. The predicted molar refractivity (Wildman–Crippen MR) is 70.3 cm³/mol. The second-order valence-electron chi connectivity index (χ2n) is 4.34. The van der Waals surface area contributed by atoms with Crippen LogP contribution in [0.25, 0.3) is 10.9 Å². The number of benzene rings is 1. The summed E-state index contributed by atoms with van der Waals surface area (Å²) in [7, 11) is 5.76. The van der Waals surface area contributed by atoms with E-state index < -0.39 is 0 Å². The molecule has 0 amide bonds. The minimum atomic E-state index is 0.218. The molecule has 2 aromatic rings. The van der Waals surface area contributed by atoms with Crippen LogP contribution in [0.15, 0.2) is 24.4 Å². The highest BCUT2D eigenvalue weighted by Gasteiger charge is 2.17. The Morgan fingerprint density at radius 3 is 2.76 bits per heavy atom. The van der Waals surface area contributed by atoms with Gasteiger partial charge in [-0.1, -0.05) is 12.1 Å². The molecule has 0 radical (unpaired) electrons. The van der Waals surface area contributed by atoms with E-state index in [0.29, 0.717) is 6.54 Å². The first-order valence-electron chi connectivity index (χ1n) is 5.69. The third-order valence-corrected chi connectivity index (χ3v) is 3.13. The number of hydrogen-bond donors (Lipinski definition) is 2. The average Bonchev–Trinajstić information content (AvgIpc) is 2.73. The Balaban J connectivity index is 2.56. The highest BCUT2D eigenvalue weighted by atomic mass is 16.5. The lowest BCUT2D eigenvalue weighted by Gasteiger charge is -2.22. The zero-order valence-corrected chi connectivity index (χ0v) is 10.5. The Morgan fingerprint density at radius 2 is 2.18 bits per heavy atom. The number of fused-ring (bicyclic) bond motifs is 1. The summed E-state index contributed by atoms with van der Waals surface area (Å²) < 4.78 is 5.34. The number of H-pyrrole nitrogens is 1. The molecule has 3 N–H and O–H groups in total. The molecule has 17 heavy (non-hydrogen) atoms. The van der Waals surface area contributed by atoms with Crippen molar-refractivity contribution < 1.29 is 4.74 Å². The molecule has 0 fully saturated rings. The van der Waals surface area contributed by atoms with E-state index in [9.17, 15) is 0 Å². The summed E-state index contributed by atoms with van der Waals surface area (Å²) in [5.41, 5.74) is 8.09. The van der Waals surface area contributed by atoms with Crippen LogP contribution in [0.2, 0.25) is 0 Å². The number of nitrogens with two attached hydrogens (primary N) is 1. The minimum absolute atomic E-state index is 0.218. The van der Waals surface area contributed by atoms with Crippen molar-refractivity contribution in [3.05, 3.63) is 30.0 Å². The summed E-state index contributed by atoms with van der Waals surface area (Å²) in [5, 5.41) is 1.17. The summed E-state index contributed by atoms with van der Waals surface area (Å²) in [6.07, 6.45) is 2.02. The summed E-state index contributed by atoms with van der Waals surface area (Å²) in [4.78, 5) is 5.40. The molecule has 2 rings (SSSR count). The van der Waals surface area contributed by atoms with Gasteiger partial charge in [0.15, 0.2) is 0 Å². The lowest BCUT2D eigenvalue weighted by Crippen LogP contribution is -2.26. The van der Waals surface area contributed by atoms with Crippen LogP contribution >= 0.6 is 0 Å². The van der Waals surface area contributed by atoms with Gasteiger partial charge in [-0.2, -0.15) is 0 Å². The highest BCUT2D eigenvalue weighted by Crippen LogP contribution is 2.31. The zero-order chi connectivity index (χ0) is 12.4. The van der Waals surface area contributed by atoms with Crippen molar-refractivity contribution in [2.75, 3.05) is 27.7 Å². The number of nitrogens with one attached hydrogen (secondary N) is 1. The SMILES string of the molecule is COc1cccc2c(C(CN)N(C)C)c[nH]c12. The second-order valence-corrected chi connectivity index (χ2v) is 4.34. The summed E-state index contributed by atoms with van der Waals surface area (Å²) in [6, 6.07) is 6.27. The Morgan fingerprint density at radius 1 is 1.41 bits per heavy atom. The van der Waals surface area contributed by atoms with Gasteiger partial charge in [-0.05, 0) is 25.7 Å². The van der Waals surface area contributed by atoms with E-state index in [1.54, 1.807) is 7.11 Å². The van der Waals surface area contributed by atoms with Crippen LogP contribution in [0.4, 0.5) is 0 Å². The first kappa shape index (κ1) is 12.0. The van der Waals surface area contributed by atoms with Gasteiger partial charge in [0.1, 0.15) is 5.75 Å². The van der Waals surface area contributed by atoms with Gasteiger partial charge in [-0.15, -0.1) is 0 Å². The number of para-hydroxylation sites is 1. The van der Waals surface area contributed by atoms with E-state index in [-0.39, 0.29) is 6.04 Å². The van der Waals surface area contributed by atoms with Crippen molar-refractivity contribution in [3.8, 4) is 5.75 Å². The topological polar surface area (TPSA) is 54.3 Å². The molecule has 0 bridgehead atoms. The van der Waals surface area contributed by atoms with Crippen LogP contribution in [0.1, 0.15) is 11.6 Å². The van der Waals surface area contributed by atoms with E-state index in [1.807, 2.05) is 32.4 Å². The molecule has 1 heterocycles. The molecule has 0 aliphatic heterocycles. The molecule has 1 atom stereocenters. The quantitative estimate of drug-likeness (QED) is 0.845. The summed E-state index contributed by atoms with van der Waals surface area (Å²) in [6.45, 7) is 0.594.